The molecule has 0 amide bonds. The van der Waals surface area contributed by atoms with E-state index in [0.29, 0.717) is 17.4 Å². The molecule has 4 heterocycles. The number of Topliss-reactive ketones (excluding diaryl/α,β-unsaturated/α-hetero) is 1. The molecule has 0 spiro atoms. The minimum atomic E-state index is -0.188. The number of carbonyl (C=O) groups excluding carboxylic acids is 1. The van der Waals surface area contributed by atoms with Crippen molar-refractivity contribution in [3.63, 3.8) is 0 Å². The van der Waals surface area contributed by atoms with Crippen LogP contribution in [0.15, 0.2) is 52.9 Å². The van der Waals surface area contributed by atoms with Crippen molar-refractivity contribution in [2.45, 2.75) is 42.9 Å². The summed E-state index contributed by atoms with van der Waals surface area (Å²) in [5, 5.41) is 9.25. The quantitative estimate of drug-likeness (QED) is 0.368. The van der Waals surface area contributed by atoms with E-state index in [2.05, 4.69) is 20.5 Å². The van der Waals surface area contributed by atoms with E-state index in [1.165, 1.54) is 11.3 Å². The summed E-state index contributed by atoms with van der Waals surface area (Å²) in [7, 11) is 0. The second kappa shape index (κ2) is 11.5. The fourth-order valence-electron chi connectivity index (χ4n) is 4.52. The first kappa shape index (κ1) is 24.2. The lowest BCUT2D eigenvalue weighted by molar-refractivity contribution is -0.125. The van der Waals surface area contributed by atoms with E-state index in [1.54, 1.807) is 11.8 Å². The van der Waals surface area contributed by atoms with Crippen molar-refractivity contribution in [1.82, 2.24) is 20.2 Å². The average Bonchev–Trinajstić information content (AvgIpc) is 3.57. The molecule has 184 valence electrons. The van der Waals surface area contributed by atoms with Crippen LogP contribution in [-0.2, 0) is 4.79 Å². The van der Waals surface area contributed by atoms with Crippen LogP contribution in [0.2, 0.25) is 0 Å². The Labute approximate surface area is 214 Å². The number of benzene rings is 1. The smallest absolute Gasteiger partial charge is 0.188 e. The molecule has 2 aromatic heterocycles. The lowest BCUT2D eigenvalue weighted by Crippen LogP contribution is -2.43. The van der Waals surface area contributed by atoms with Crippen molar-refractivity contribution < 1.29 is 9.53 Å². The Bertz CT molecular complexity index is 1130. The zero-order valence-electron chi connectivity index (χ0n) is 19.9. The van der Waals surface area contributed by atoms with Crippen LogP contribution in [0.4, 0.5) is 10.9 Å². The lowest BCUT2D eigenvalue weighted by Gasteiger charge is -2.31. The molecule has 0 radical (unpaired) electrons. The van der Waals surface area contributed by atoms with Crippen molar-refractivity contribution in [2.24, 2.45) is 5.92 Å². The molecule has 2 aliphatic rings. The highest BCUT2D eigenvalue weighted by atomic mass is 32.2. The van der Waals surface area contributed by atoms with Crippen LogP contribution >= 0.6 is 23.1 Å². The van der Waals surface area contributed by atoms with Crippen LogP contribution in [-0.4, -0.2) is 52.2 Å². The molecule has 0 aliphatic carbocycles. The molecule has 5 rings (SSSR count). The Balaban J connectivity index is 1.41. The molecule has 3 aromatic rings. The molecule has 2 N–H and O–H groups in total. The molecule has 1 aromatic carbocycles. The predicted molar refractivity (Wildman–Crippen MR) is 142 cm³/mol. The zero-order valence-corrected chi connectivity index (χ0v) is 21.5. The normalized spacial score (nSPS) is 17.9. The predicted octanol–water partition coefficient (Wildman–Crippen LogP) is 5.47. The number of pyridine rings is 1. The van der Waals surface area contributed by atoms with Gasteiger partial charge in [-0.15, -0.1) is 11.3 Å². The monoisotopic (exact) mass is 509 g/mol. The summed E-state index contributed by atoms with van der Waals surface area (Å²) >= 11 is 3.14. The molecule has 0 bridgehead atoms. The Hall–Kier alpha value is -2.46. The van der Waals surface area contributed by atoms with Gasteiger partial charge < -0.3 is 15.4 Å². The highest BCUT2D eigenvalue weighted by molar-refractivity contribution is 8.00. The van der Waals surface area contributed by atoms with Crippen LogP contribution in [0.1, 0.15) is 31.4 Å². The maximum Gasteiger partial charge on any atom is 0.188 e. The highest BCUT2D eigenvalue weighted by Crippen LogP contribution is 2.38. The van der Waals surface area contributed by atoms with Gasteiger partial charge >= 0.3 is 0 Å². The molecule has 35 heavy (non-hydrogen) atoms. The van der Waals surface area contributed by atoms with E-state index in [4.69, 9.17) is 9.72 Å². The van der Waals surface area contributed by atoms with Gasteiger partial charge in [-0.2, -0.15) is 0 Å². The number of likely N-dealkylation sites (tertiary alicyclic amines) is 1. The number of aromatic nitrogens is 2. The number of ether oxygens (including phenoxy) is 1. The number of carbonyl (C=O) groups is 1. The maximum atomic E-state index is 13.6. The standard InChI is InChI=1S/C26H31N5O2S2/c1-18-17-34-26(29-18)30-24-22(33-20-7-3-2-4-8-20)15-21(16-28-24)35-25(31-13-5-6-14-31)23(32)19-9-11-27-12-10-19/h2-4,7-8,15-17,19,25,27H,5-6,9-14H2,1H3,(H,28,29,30). The molecule has 9 heteroatoms. The van der Waals surface area contributed by atoms with Gasteiger partial charge in [0.1, 0.15) is 11.1 Å². The van der Waals surface area contributed by atoms with Crippen LogP contribution in [0.5, 0.6) is 11.5 Å². The van der Waals surface area contributed by atoms with Crippen molar-refractivity contribution >= 4 is 39.8 Å². The van der Waals surface area contributed by atoms with Crippen molar-refractivity contribution in [2.75, 3.05) is 31.5 Å². The molecule has 1 atom stereocenters. The van der Waals surface area contributed by atoms with Gasteiger partial charge in [-0.3, -0.25) is 9.69 Å². The Morgan fingerprint density at radius 3 is 2.71 bits per heavy atom. The Kier molecular flexibility index (Phi) is 7.98. The van der Waals surface area contributed by atoms with Crippen LogP contribution in [0.25, 0.3) is 0 Å². The molecule has 2 saturated heterocycles. The molecule has 2 aliphatic heterocycles. The van der Waals surface area contributed by atoms with Gasteiger partial charge in [0.15, 0.2) is 22.5 Å². The molecule has 0 saturated carbocycles. The second-order valence-corrected chi connectivity index (χ2v) is 11.0. The SMILES string of the molecule is Cc1csc(Nc2ncc(SC(C(=O)C3CCNCC3)N3CCCC3)cc2Oc2ccccc2)n1. The summed E-state index contributed by atoms with van der Waals surface area (Å²) < 4.78 is 6.24. The number of thioether (sulfide) groups is 1. The summed E-state index contributed by atoms with van der Waals surface area (Å²) in [6.45, 7) is 5.74. The van der Waals surface area contributed by atoms with Crippen molar-refractivity contribution in [3.05, 3.63) is 53.7 Å². The number of piperidine rings is 1. The van der Waals surface area contributed by atoms with E-state index >= 15 is 0 Å². The summed E-state index contributed by atoms with van der Waals surface area (Å²) in [6, 6.07) is 11.7. The number of nitrogens with one attached hydrogen (secondary N) is 2. The molecular formula is C26H31N5O2S2. The average molecular weight is 510 g/mol. The first-order valence-electron chi connectivity index (χ1n) is 12.2. The summed E-state index contributed by atoms with van der Waals surface area (Å²) in [6.07, 6.45) is 5.96. The molecule has 7 nitrogen and oxygen atoms in total. The topological polar surface area (TPSA) is 79.4 Å². The van der Waals surface area contributed by atoms with Gasteiger partial charge in [0.2, 0.25) is 0 Å². The van der Waals surface area contributed by atoms with Crippen molar-refractivity contribution in [3.8, 4) is 11.5 Å². The minimum absolute atomic E-state index is 0.122. The first-order valence-corrected chi connectivity index (χ1v) is 14.0. The number of ketones is 1. The Morgan fingerprint density at radius 2 is 2.00 bits per heavy atom. The second-order valence-electron chi connectivity index (χ2n) is 8.99. The number of hydrogen-bond donors (Lipinski definition) is 2. The summed E-state index contributed by atoms with van der Waals surface area (Å²) in [5.74, 6) is 2.43. The van der Waals surface area contributed by atoms with Gasteiger partial charge in [0.25, 0.3) is 0 Å². The van der Waals surface area contributed by atoms with Gasteiger partial charge in [-0.25, -0.2) is 9.97 Å². The number of rotatable bonds is 9. The number of nitrogens with zero attached hydrogens (tertiary/aromatic N) is 3. The number of thiazole rings is 1. The van der Waals surface area contributed by atoms with E-state index < -0.39 is 0 Å². The van der Waals surface area contributed by atoms with Gasteiger partial charge in [-0.1, -0.05) is 30.0 Å². The minimum Gasteiger partial charge on any atom is -0.453 e. The maximum absolute atomic E-state index is 13.6. The van der Waals surface area contributed by atoms with Crippen molar-refractivity contribution in [1.29, 1.82) is 0 Å². The fourth-order valence-corrected chi connectivity index (χ4v) is 6.42. The zero-order chi connectivity index (χ0) is 24.0. The summed E-state index contributed by atoms with van der Waals surface area (Å²) in [4.78, 5) is 26.1. The fraction of sp³-hybridized carbons (Fsp3) is 0.423. The van der Waals surface area contributed by atoms with Gasteiger partial charge in [0, 0.05) is 22.4 Å². The lowest BCUT2D eigenvalue weighted by atomic mass is 9.93. The Morgan fingerprint density at radius 1 is 1.23 bits per heavy atom. The van der Waals surface area contributed by atoms with Gasteiger partial charge in [-0.05, 0) is 77.0 Å². The number of para-hydroxylation sites is 1. The van der Waals surface area contributed by atoms with Crippen LogP contribution in [0.3, 0.4) is 0 Å². The third-order valence-electron chi connectivity index (χ3n) is 6.35. The molecule has 1 unspecified atom stereocenters. The largest absolute Gasteiger partial charge is 0.453 e. The third kappa shape index (κ3) is 6.22. The van der Waals surface area contributed by atoms with E-state index in [9.17, 15) is 4.79 Å². The molecular weight excluding hydrogens is 478 g/mol. The highest BCUT2D eigenvalue weighted by Gasteiger charge is 2.34. The summed E-state index contributed by atoms with van der Waals surface area (Å²) in [5.41, 5.74) is 0.958. The number of aryl methyl sites for hydroxylation is 1. The number of hydrogen-bond acceptors (Lipinski definition) is 9. The third-order valence-corrected chi connectivity index (χ3v) is 8.47. The van der Waals surface area contributed by atoms with Crippen LogP contribution in [0, 0.1) is 12.8 Å². The van der Waals surface area contributed by atoms with E-state index in [0.717, 1.165) is 73.3 Å². The van der Waals surface area contributed by atoms with E-state index in [-0.39, 0.29) is 11.3 Å². The first-order chi connectivity index (χ1) is 17.2. The van der Waals surface area contributed by atoms with Gasteiger partial charge in [0.05, 0.1) is 5.69 Å². The molecule has 2 fully saturated rings. The number of anilines is 2. The van der Waals surface area contributed by atoms with Crippen LogP contribution < -0.4 is 15.4 Å². The van der Waals surface area contributed by atoms with E-state index in [1.807, 2.05) is 54.9 Å².